The summed E-state index contributed by atoms with van der Waals surface area (Å²) in [6.45, 7) is 8.11. The third-order valence-corrected chi connectivity index (χ3v) is 6.76. The maximum Gasteiger partial charge on any atom is 0.329 e. The monoisotopic (exact) mass is 480 g/mol. The van der Waals surface area contributed by atoms with Crippen LogP contribution in [0.5, 0.6) is 5.75 Å². The first kappa shape index (κ1) is 26.3. The highest BCUT2D eigenvalue weighted by molar-refractivity contribution is 5.97. The van der Waals surface area contributed by atoms with Gasteiger partial charge in [0, 0.05) is 6.54 Å². The quantitative estimate of drug-likeness (QED) is 0.317. The zero-order valence-corrected chi connectivity index (χ0v) is 21.1. The van der Waals surface area contributed by atoms with E-state index in [1.807, 2.05) is 45.0 Å². The number of rotatable bonds is 12. The maximum absolute atomic E-state index is 13.3. The molecule has 1 aliphatic rings. The summed E-state index contributed by atoms with van der Waals surface area (Å²) in [5.74, 6) is -0.537. The lowest BCUT2D eigenvalue weighted by molar-refractivity contribution is -0.140. The standard InChI is InChI=1S/C28H36N2O5/c1-5-35-25-19(2)23(14-15-24(25)21(4)31)20(3)30(27(34)29-28(16-17-28)26(32)33)18-10-9-13-22-11-7-6-8-12-22/h6-8,11-12,14-15,20H,5,9-10,13,16-18H2,1-4H3,(H,29,34)(H,32,33)/t20-/m1/s1. The SMILES string of the molecule is CCOc1c(C(C)=O)ccc([C@@H](C)N(CCCCc2ccccc2)C(=O)NC2(C(=O)O)CC2)c1C. The molecule has 3 rings (SSSR count). The van der Waals surface area contributed by atoms with Gasteiger partial charge in [-0.2, -0.15) is 0 Å². The molecule has 0 bridgehead atoms. The molecule has 2 aromatic carbocycles. The Morgan fingerprint density at radius 1 is 1.11 bits per heavy atom. The lowest BCUT2D eigenvalue weighted by Crippen LogP contribution is -2.50. The van der Waals surface area contributed by atoms with E-state index in [9.17, 15) is 19.5 Å². The third-order valence-electron chi connectivity index (χ3n) is 6.76. The van der Waals surface area contributed by atoms with Crippen LogP contribution in [0.1, 0.15) is 79.5 Å². The second-order valence-corrected chi connectivity index (χ2v) is 9.28. The van der Waals surface area contributed by atoms with Crippen molar-refractivity contribution in [2.45, 2.75) is 71.4 Å². The molecule has 2 aromatic rings. The summed E-state index contributed by atoms with van der Waals surface area (Å²) in [6, 6.07) is 13.1. The van der Waals surface area contributed by atoms with Gasteiger partial charge in [0.05, 0.1) is 18.2 Å². The highest BCUT2D eigenvalue weighted by Gasteiger charge is 2.52. The van der Waals surface area contributed by atoms with Crippen LogP contribution in [0.4, 0.5) is 4.79 Å². The number of urea groups is 1. The van der Waals surface area contributed by atoms with Crippen LogP contribution in [0.3, 0.4) is 0 Å². The summed E-state index contributed by atoms with van der Waals surface area (Å²) in [7, 11) is 0. The van der Waals surface area contributed by atoms with Crippen LogP contribution in [-0.2, 0) is 11.2 Å². The van der Waals surface area contributed by atoms with E-state index in [4.69, 9.17) is 4.74 Å². The molecule has 2 N–H and O–H groups in total. The first-order valence-corrected chi connectivity index (χ1v) is 12.3. The molecule has 1 atom stereocenters. The molecule has 0 spiro atoms. The number of nitrogens with zero attached hydrogens (tertiary/aromatic N) is 1. The molecule has 7 nitrogen and oxygen atoms in total. The van der Waals surface area contributed by atoms with Crippen molar-refractivity contribution in [1.29, 1.82) is 0 Å². The highest BCUT2D eigenvalue weighted by Crippen LogP contribution is 2.37. The van der Waals surface area contributed by atoms with Gasteiger partial charge in [0.1, 0.15) is 11.3 Å². The van der Waals surface area contributed by atoms with Crippen LogP contribution in [0, 0.1) is 6.92 Å². The van der Waals surface area contributed by atoms with Gasteiger partial charge in [0.15, 0.2) is 5.78 Å². The predicted molar refractivity (Wildman–Crippen MR) is 135 cm³/mol. The number of aryl methyl sites for hydroxylation is 1. The Hall–Kier alpha value is -3.35. The van der Waals surface area contributed by atoms with E-state index < -0.39 is 11.5 Å². The fourth-order valence-electron chi connectivity index (χ4n) is 4.46. The fraction of sp³-hybridized carbons (Fsp3) is 0.464. The van der Waals surface area contributed by atoms with Gasteiger partial charge in [-0.05, 0) is 82.6 Å². The molecule has 0 unspecified atom stereocenters. The molecular formula is C28H36N2O5. The molecule has 0 saturated heterocycles. The van der Waals surface area contributed by atoms with Crippen molar-refractivity contribution >= 4 is 17.8 Å². The number of hydrogen-bond donors (Lipinski definition) is 2. The van der Waals surface area contributed by atoms with Crippen LogP contribution in [0.25, 0.3) is 0 Å². The summed E-state index contributed by atoms with van der Waals surface area (Å²) in [5, 5.41) is 12.3. The number of carboxylic acids is 1. The normalized spacial score (nSPS) is 14.6. The highest BCUT2D eigenvalue weighted by atomic mass is 16.5. The van der Waals surface area contributed by atoms with Crippen molar-refractivity contribution < 1.29 is 24.2 Å². The number of nitrogens with one attached hydrogen (secondary N) is 1. The number of carboxylic acid groups (broad SMARTS) is 1. The molecule has 1 fully saturated rings. The minimum Gasteiger partial charge on any atom is -0.493 e. The molecule has 1 saturated carbocycles. The third kappa shape index (κ3) is 6.21. The molecule has 7 heteroatoms. The number of Topliss-reactive ketones (excluding diaryl/α,β-unsaturated/α-hetero) is 1. The van der Waals surface area contributed by atoms with Crippen molar-refractivity contribution in [3.63, 3.8) is 0 Å². The van der Waals surface area contributed by atoms with E-state index in [1.54, 1.807) is 11.0 Å². The number of benzene rings is 2. The summed E-state index contributed by atoms with van der Waals surface area (Å²) < 4.78 is 5.81. The Morgan fingerprint density at radius 2 is 1.80 bits per heavy atom. The number of carbonyl (C=O) groups is 3. The molecule has 0 aromatic heterocycles. The van der Waals surface area contributed by atoms with Gasteiger partial charge in [-0.15, -0.1) is 0 Å². The molecule has 0 heterocycles. The molecule has 1 aliphatic carbocycles. The van der Waals surface area contributed by atoms with Gasteiger partial charge in [-0.1, -0.05) is 36.4 Å². The lowest BCUT2D eigenvalue weighted by atomic mass is 9.96. The van der Waals surface area contributed by atoms with Gasteiger partial charge in [0.2, 0.25) is 0 Å². The molecule has 2 amide bonds. The molecular weight excluding hydrogens is 444 g/mol. The average Bonchev–Trinajstić information content (AvgIpc) is 3.61. The number of hydrogen-bond acceptors (Lipinski definition) is 4. The van der Waals surface area contributed by atoms with Crippen LogP contribution in [0.15, 0.2) is 42.5 Å². The van der Waals surface area contributed by atoms with E-state index in [1.165, 1.54) is 12.5 Å². The fourth-order valence-corrected chi connectivity index (χ4v) is 4.46. The summed E-state index contributed by atoms with van der Waals surface area (Å²) >= 11 is 0. The molecule has 188 valence electrons. The predicted octanol–water partition coefficient (Wildman–Crippen LogP) is 5.31. The zero-order chi connectivity index (χ0) is 25.6. The zero-order valence-electron chi connectivity index (χ0n) is 21.1. The number of aliphatic carboxylic acids is 1. The van der Waals surface area contributed by atoms with Gasteiger partial charge < -0.3 is 20.1 Å². The van der Waals surface area contributed by atoms with Crippen LogP contribution in [0.2, 0.25) is 0 Å². The smallest absolute Gasteiger partial charge is 0.329 e. The van der Waals surface area contributed by atoms with Crippen molar-refractivity contribution in [3.05, 3.63) is 64.7 Å². The van der Waals surface area contributed by atoms with Gasteiger partial charge in [0.25, 0.3) is 0 Å². The van der Waals surface area contributed by atoms with Crippen molar-refractivity contribution in [3.8, 4) is 5.75 Å². The summed E-state index contributed by atoms with van der Waals surface area (Å²) in [6.07, 6.45) is 3.45. The van der Waals surface area contributed by atoms with Gasteiger partial charge >= 0.3 is 12.0 Å². The van der Waals surface area contributed by atoms with E-state index >= 15 is 0 Å². The van der Waals surface area contributed by atoms with E-state index in [0.717, 1.165) is 30.4 Å². The Kier molecular flexibility index (Phi) is 8.54. The number of unbranched alkanes of at least 4 members (excludes halogenated alkanes) is 1. The van der Waals surface area contributed by atoms with Crippen molar-refractivity contribution in [1.82, 2.24) is 10.2 Å². The Morgan fingerprint density at radius 3 is 2.37 bits per heavy atom. The first-order chi connectivity index (χ1) is 16.7. The van der Waals surface area contributed by atoms with Crippen LogP contribution >= 0.6 is 0 Å². The van der Waals surface area contributed by atoms with E-state index in [-0.39, 0.29) is 17.9 Å². The van der Waals surface area contributed by atoms with Crippen molar-refractivity contribution in [2.75, 3.05) is 13.2 Å². The second kappa shape index (κ2) is 11.4. The minimum atomic E-state index is -1.16. The number of ether oxygens (including phenoxy) is 1. The Balaban J connectivity index is 1.82. The number of carbonyl (C=O) groups excluding carboxylic acids is 2. The lowest BCUT2D eigenvalue weighted by Gasteiger charge is -2.32. The molecule has 35 heavy (non-hydrogen) atoms. The van der Waals surface area contributed by atoms with Crippen molar-refractivity contribution in [2.24, 2.45) is 0 Å². The Bertz CT molecular complexity index is 1060. The Labute approximate surface area is 207 Å². The number of amides is 2. The topological polar surface area (TPSA) is 95.9 Å². The van der Waals surface area contributed by atoms with Gasteiger partial charge in [-0.25, -0.2) is 9.59 Å². The summed E-state index contributed by atoms with van der Waals surface area (Å²) in [4.78, 5) is 38.9. The van der Waals surface area contributed by atoms with Gasteiger partial charge in [-0.3, -0.25) is 4.79 Å². The van der Waals surface area contributed by atoms with Crippen LogP contribution < -0.4 is 10.1 Å². The maximum atomic E-state index is 13.3. The minimum absolute atomic E-state index is 0.0802. The second-order valence-electron chi connectivity index (χ2n) is 9.28. The van der Waals surface area contributed by atoms with Crippen LogP contribution in [-0.4, -0.2) is 46.5 Å². The number of ketones is 1. The van der Waals surface area contributed by atoms with E-state index in [2.05, 4.69) is 17.4 Å². The van der Waals surface area contributed by atoms with E-state index in [0.29, 0.717) is 37.3 Å². The largest absolute Gasteiger partial charge is 0.493 e. The molecule has 0 radical (unpaired) electrons. The average molecular weight is 481 g/mol. The summed E-state index contributed by atoms with van der Waals surface area (Å²) in [5.41, 5.74) is 2.28. The molecule has 0 aliphatic heterocycles. The first-order valence-electron chi connectivity index (χ1n) is 12.3.